The van der Waals surface area contributed by atoms with Gasteiger partial charge in [-0.1, -0.05) is 23.5 Å². The van der Waals surface area contributed by atoms with E-state index in [2.05, 4.69) is 15.3 Å². The second-order valence-corrected chi connectivity index (χ2v) is 5.19. The summed E-state index contributed by atoms with van der Waals surface area (Å²) in [5.74, 6) is 0.674. The minimum atomic E-state index is -0.413. The lowest BCUT2D eigenvalue weighted by Crippen LogP contribution is -2.01. The van der Waals surface area contributed by atoms with Crippen molar-refractivity contribution in [1.82, 2.24) is 19.8 Å². The van der Waals surface area contributed by atoms with E-state index in [1.54, 1.807) is 29.8 Å². The van der Waals surface area contributed by atoms with Gasteiger partial charge in [-0.15, -0.1) is 10.2 Å². The Kier molecular flexibility index (Phi) is 3.59. The number of nitro benzene ring substituents is 1. The van der Waals surface area contributed by atoms with Crippen molar-refractivity contribution in [3.05, 3.63) is 40.2 Å². The van der Waals surface area contributed by atoms with Crippen LogP contribution in [0.25, 0.3) is 15.5 Å². The van der Waals surface area contributed by atoms with Crippen LogP contribution in [0.4, 0.5) is 5.69 Å². The van der Waals surface area contributed by atoms with Gasteiger partial charge in [0.05, 0.1) is 17.1 Å². The van der Waals surface area contributed by atoms with E-state index in [9.17, 15) is 10.1 Å². The summed E-state index contributed by atoms with van der Waals surface area (Å²) in [6.07, 6.45) is 0.581. The zero-order valence-electron chi connectivity index (χ0n) is 11.1. The van der Waals surface area contributed by atoms with Gasteiger partial charge in [-0.25, -0.2) is 0 Å². The smallest absolute Gasteiger partial charge is 0.279 e. The van der Waals surface area contributed by atoms with Gasteiger partial charge in [-0.3, -0.25) is 10.1 Å². The molecule has 0 N–H and O–H groups in total. The third kappa shape index (κ3) is 2.48. The molecule has 0 aliphatic carbocycles. The molecule has 0 spiro atoms. The maximum Gasteiger partial charge on any atom is 0.279 e. The SMILES string of the molecule is COCCc1nnc2sc(-c3ccccc3[N+](=O)[O-])nn12. The van der Waals surface area contributed by atoms with Crippen LogP contribution in [0.2, 0.25) is 0 Å². The molecule has 108 valence electrons. The van der Waals surface area contributed by atoms with Crippen molar-refractivity contribution in [2.75, 3.05) is 13.7 Å². The molecule has 0 amide bonds. The number of rotatable bonds is 5. The summed E-state index contributed by atoms with van der Waals surface area (Å²) in [4.78, 5) is 11.3. The van der Waals surface area contributed by atoms with E-state index in [1.807, 2.05) is 0 Å². The van der Waals surface area contributed by atoms with Gasteiger partial charge in [-0.2, -0.15) is 9.61 Å². The molecule has 2 aromatic heterocycles. The highest BCUT2D eigenvalue weighted by Crippen LogP contribution is 2.32. The lowest BCUT2D eigenvalue weighted by Gasteiger charge is -1.98. The quantitative estimate of drug-likeness (QED) is 0.528. The van der Waals surface area contributed by atoms with E-state index < -0.39 is 4.92 Å². The predicted molar refractivity (Wildman–Crippen MR) is 76.3 cm³/mol. The van der Waals surface area contributed by atoms with Gasteiger partial charge in [0.1, 0.15) is 0 Å². The highest BCUT2D eigenvalue weighted by Gasteiger charge is 2.19. The Hall–Kier alpha value is -2.39. The van der Waals surface area contributed by atoms with Gasteiger partial charge in [0, 0.05) is 19.6 Å². The summed E-state index contributed by atoms with van der Waals surface area (Å²) >= 11 is 1.27. The zero-order chi connectivity index (χ0) is 14.8. The molecule has 0 atom stereocenters. The first-order valence-corrected chi connectivity index (χ1v) is 6.96. The van der Waals surface area contributed by atoms with Crippen molar-refractivity contribution in [3.63, 3.8) is 0 Å². The van der Waals surface area contributed by atoms with Crippen molar-refractivity contribution in [3.8, 4) is 10.6 Å². The number of benzene rings is 1. The van der Waals surface area contributed by atoms with Gasteiger partial charge < -0.3 is 4.74 Å². The average molecular weight is 305 g/mol. The van der Waals surface area contributed by atoms with Crippen LogP contribution in [0.15, 0.2) is 24.3 Å². The Bertz CT molecular complexity index is 797. The zero-order valence-corrected chi connectivity index (χ0v) is 11.9. The third-order valence-electron chi connectivity index (χ3n) is 2.92. The fourth-order valence-electron chi connectivity index (χ4n) is 1.93. The fourth-order valence-corrected chi connectivity index (χ4v) is 2.82. The van der Waals surface area contributed by atoms with Crippen LogP contribution in [0.1, 0.15) is 5.82 Å². The van der Waals surface area contributed by atoms with Crippen LogP contribution in [-0.2, 0) is 11.2 Å². The molecule has 0 bridgehead atoms. The Morgan fingerprint density at radius 3 is 2.95 bits per heavy atom. The molecular formula is C12H11N5O3S. The van der Waals surface area contributed by atoms with Gasteiger partial charge >= 0.3 is 0 Å². The van der Waals surface area contributed by atoms with E-state index in [0.717, 1.165) is 0 Å². The van der Waals surface area contributed by atoms with Crippen molar-refractivity contribution in [2.45, 2.75) is 6.42 Å². The summed E-state index contributed by atoms with van der Waals surface area (Å²) in [5.41, 5.74) is 0.511. The highest BCUT2D eigenvalue weighted by molar-refractivity contribution is 7.19. The number of hydrogen-bond donors (Lipinski definition) is 0. The van der Waals surface area contributed by atoms with Gasteiger partial charge in [-0.05, 0) is 6.07 Å². The summed E-state index contributed by atoms with van der Waals surface area (Å²) < 4.78 is 6.62. The topological polar surface area (TPSA) is 95.5 Å². The number of nitro groups is 1. The number of fused-ring (bicyclic) bond motifs is 1. The normalized spacial score (nSPS) is 11.1. The Morgan fingerprint density at radius 2 is 2.19 bits per heavy atom. The standard InChI is InChI=1S/C12H11N5O3S/c1-20-7-6-10-13-14-12-16(10)15-11(21-12)8-4-2-3-5-9(8)17(18)19/h2-5H,6-7H2,1H3. The minimum Gasteiger partial charge on any atom is -0.384 e. The molecule has 21 heavy (non-hydrogen) atoms. The predicted octanol–water partition coefficient (Wildman–Crippen LogP) is 1.95. The number of aromatic nitrogens is 4. The second kappa shape index (κ2) is 5.54. The average Bonchev–Trinajstić information content (AvgIpc) is 3.05. The van der Waals surface area contributed by atoms with E-state index in [-0.39, 0.29) is 5.69 Å². The summed E-state index contributed by atoms with van der Waals surface area (Å²) in [6.45, 7) is 0.513. The third-order valence-corrected chi connectivity index (χ3v) is 3.85. The van der Waals surface area contributed by atoms with Crippen LogP contribution in [0.3, 0.4) is 0 Å². The molecule has 9 heteroatoms. The van der Waals surface area contributed by atoms with Crippen molar-refractivity contribution < 1.29 is 9.66 Å². The van der Waals surface area contributed by atoms with Crippen molar-refractivity contribution in [2.24, 2.45) is 0 Å². The summed E-state index contributed by atoms with van der Waals surface area (Å²) in [5, 5.41) is 24.1. The van der Waals surface area contributed by atoms with Gasteiger partial charge in [0.2, 0.25) is 4.96 Å². The molecular weight excluding hydrogens is 294 g/mol. The Morgan fingerprint density at radius 1 is 1.38 bits per heavy atom. The first-order valence-electron chi connectivity index (χ1n) is 6.14. The summed E-state index contributed by atoms with van der Waals surface area (Å²) in [6, 6.07) is 6.52. The van der Waals surface area contributed by atoms with Crippen molar-refractivity contribution in [1.29, 1.82) is 0 Å². The molecule has 0 saturated heterocycles. The largest absolute Gasteiger partial charge is 0.384 e. The highest BCUT2D eigenvalue weighted by atomic mass is 32.1. The molecule has 3 rings (SSSR count). The number of hydrogen-bond acceptors (Lipinski definition) is 7. The van der Waals surface area contributed by atoms with Crippen LogP contribution >= 0.6 is 11.3 Å². The van der Waals surface area contributed by atoms with Crippen molar-refractivity contribution >= 4 is 22.0 Å². The fraction of sp³-hybridized carbons (Fsp3) is 0.250. The number of nitrogens with zero attached hydrogens (tertiary/aromatic N) is 5. The molecule has 0 fully saturated rings. The van der Waals surface area contributed by atoms with Gasteiger partial charge in [0.25, 0.3) is 5.69 Å². The van der Waals surface area contributed by atoms with E-state index in [1.165, 1.54) is 17.4 Å². The molecule has 0 aliphatic heterocycles. The maximum absolute atomic E-state index is 11.1. The van der Waals surface area contributed by atoms with Crippen LogP contribution < -0.4 is 0 Å². The monoisotopic (exact) mass is 305 g/mol. The molecule has 2 heterocycles. The van der Waals surface area contributed by atoms with Gasteiger partial charge in [0.15, 0.2) is 10.8 Å². The number of methoxy groups -OCH3 is 1. The first-order chi connectivity index (χ1) is 10.2. The molecule has 3 aromatic rings. The van der Waals surface area contributed by atoms with Crippen LogP contribution in [0, 0.1) is 10.1 Å². The van der Waals surface area contributed by atoms with Crippen LogP contribution in [0.5, 0.6) is 0 Å². The van der Waals surface area contributed by atoms with E-state index >= 15 is 0 Å². The molecule has 8 nitrogen and oxygen atoms in total. The number of para-hydroxylation sites is 1. The maximum atomic E-state index is 11.1. The second-order valence-electron chi connectivity index (χ2n) is 4.23. The summed E-state index contributed by atoms with van der Waals surface area (Å²) in [7, 11) is 1.61. The molecule has 1 aromatic carbocycles. The lowest BCUT2D eigenvalue weighted by molar-refractivity contribution is -0.384. The molecule has 0 saturated carbocycles. The van der Waals surface area contributed by atoms with E-state index in [0.29, 0.717) is 34.4 Å². The molecule has 0 radical (unpaired) electrons. The lowest BCUT2D eigenvalue weighted by atomic mass is 10.2. The molecule has 0 aliphatic rings. The minimum absolute atomic E-state index is 0.0286. The first kappa shape index (κ1) is 13.6. The van der Waals surface area contributed by atoms with E-state index in [4.69, 9.17) is 4.74 Å². The number of ether oxygens (including phenoxy) is 1. The molecule has 0 unspecified atom stereocenters. The Balaban J connectivity index is 2.06. The Labute approximate surface area is 123 Å². The van der Waals surface area contributed by atoms with Crippen LogP contribution in [-0.4, -0.2) is 38.5 Å².